The molecule has 1 N–H and O–H groups in total. The summed E-state index contributed by atoms with van der Waals surface area (Å²) in [6, 6.07) is 4.00. The number of piperidine rings is 1. The average molecular weight is 355 g/mol. The lowest BCUT2D eigenvalue weighted by Gasteiger charge is -2.33. The number of sulfonamides is 1. The van der Waals surface area contributed by atoms with Crippen LogP contribution in [0.4, 0.5) is 5.69 Å². The van der Waals surface area contributed by atoms with Gasteiger partial charge in [-0.15, -0.1) is 0 Å². The van der Waals surface area contributed by atoms with E-state index in [2.05, 4.69) is 5.32 Å². The SMILES string of the molecule is CCCNC(=O)C1CCCCN1S(=O)(=O)c1ccc([N+](=O)[O-])cc1. The van der Waals surface area contributed by atoms with Gasteiger partial charge in [0.05, 0.1) is 9.82 Å². The van der Waals surface area contributed by atoms with Crippen LogP contribution in [0.15, 0.2) is 29.2 Å². The van der Waals surface area contributed by atoms with E-state index in [1.165, 1.54) is 16.4 Å². The van der Waals surface area contributed by atoms with Gasteiger partial charge in [0.25, 0.3) is 5.69 Å². The summed E-state index contributed by atoms with van der Waals surface area (Å²) in [5.74, 6) is -0.290. The molecule has 1 heterocycles. The lowest BCUT2D eigenvalue weighted by Crippen LogP contribution is -2.51. The van der Waals surface area contributed by atoms with E-state index in [0.29, 0.717) is 19.4 Å². The van der Waals surface area contributed by atoms with Crippen LogP contribution in [0.3, 0.4) is 0 Å². The van der Waals surface area contributed by atoms with Gasteiger partial charge < -0.3 is 5.32 Å². The standard InChI is InChI=1S/C15H21N3O5S/c1-2-10-16-15(19)14-5-3-4-11-17(14)24(22,23)13-8-6-12(7-9-13)18(20)21/h6-9,14H,2-5,10-11H2,1H3,(H,16,19). The minimum atomic E-state index is -3.87. The van der Waals surface area contributed by atoms with Crippen molar-refractivity contribution in [3.63, 3.8) is 0 Å². The van der Waals surface area contributed by atoms with Crippen LogP contribution in [0, 0.1) is 10.1 Å². The molecule has 0 saturated carbocycles. The Morgan fingerprint density at radius 2 is 2.00 bits per heavy atom. The third-order valence-electron chi connectivity index (χ3n) is 3.96. The van der Waals surface area contributed by atoms with E-state index in [1.807, 2.05) is 6.92 Å². The number of benzene rings is 1. The van der Waals surface area contributed by atoms with E-state index in [0.717, 1.165) is 25.0 Å². The fourth-order valence-corrected chi connectivity index (χ4v) is 4.35. The van der Waals surface area contributed by atoms with Crippen LogP contribution in [0.1, 0.15) is 32.6 Å². The summed E-state index contributed by atoms with van der Waals surface area (Å²) < 4.78 is 26.9. The number of hydrogen-bond donors (Lipinski definition) is 1. The molecule has 1 atom stereocenters. The molecule has 132 valence electrons. The van der Waals surface area contributed by atoms with Crippen LogP contribution in [0.25, 0.3) is 0 Å². The van der Waals surface area contributed by atoms with Crippen molar-refractivity contribution in [2.75, 3.05) is 13.1 Å². The zero-order chi connectivity index (χ0) is 17.7. The molecule has 9 heteroatoms. The van der Waals surface area contributed by atoms with Crippen molar-refractivity contribution in [1.29, 1.82) is 0 Å². The first-order valence-electron chi connectivity index (χ1n) is 7.92. The van der Waals surface area contributed by atoms with Gasteiger partial charge in [-0.25, -0.2) is 8.42 Å². The molecule has 1 aromatic rings. The van der Waals surface area contributed by atoms with Crippen LogP contribution in [0.2, 0.25) is 0 Å². The summed E-state index contributed by atoms with van der Waals surface area (Å²) in [7, 11) is -3.87. The van der Waals surface area contributed by atoms with Gasteiger partial charge in [0.1, 0.15) is 6.04 Å². The van der Waals surface area contributed by atoms with Gasteiger partial charge in [0.15, 0.2) is 0 Å². The smallest absolute Gasteiger partial charge is 0.269 e. The topological polar surface area (TPSA) is 110 Å². The predicted octanol–water partition coefficient (Wildman–Crippen LogP) is 1.66. The van der Waals surface area contributed by atoms with Gasteiger partial charge in [-0.2, -0.15) is 4.31 Å². The average Bonchev–Trinajstić information content (AvgIpc) is 2.59. The molecule has 1 aromatic carbocycles. The van der Waals surface area contributed by atoms with Crippen molar-refractivity contribution in [3.8, 4) is 0 Å². The zero-order valence-corrected chi connectivity index (χ0v) is 14.3. The van der Waals surface area contributed by atoms with Gasteiger partial charge >= 0.3 is 0 Å². The Hall–Kier alpha value is -2.00. The molecule has 1 fully saturated rings. The van der Waals surface area contributed by atoms with Crippen molar-refractivity contribution < 1.29 is 18.1 Å². The molecule has 0 bridgehead atoms. The van der Waals surface area contributed by atoms with Crippen molar-refractivity contribution in [1.82, 2.24) is 9.62 Å². The Balaban J connectivity index is 2.27. The Morgan fingerprint density at radius 1 is 1.33 bits per heavy atom. The lowest BCUT2D eigenvalue weighted by molar-refractivity contribution is -0.384. The third-order valence-corrected chi connectivity index (χ3v) is 5.88. The fraction of sp³-hybridized carbons (Fsp3) is 0.533. The highest BCUT2D eigenvalue weighted by Gasteiger charge is 2.37. The van der Waals surface area contributed by atoms with Gasteiger partial charge in [0.2, 0.25) is 15.9 Å². The number of non-ortho nitro benzene ring substituents is 1. The molecular formula is C15H21N3O5S. The molecule has 2 rings (SSSR count). The fourth-order valence-electron chi connectivity index (χ4n) is 2.70. The Labute approximate surface area is 141 Å². The van der Waals surface area contributed by atoms with E-state index >= 15 is 0 Å². The molecule has 0 spiro atoms. The first kappa shape index (κ1) is 18.3. The quantitative estimate of drug-likeness (QED) is 0.616. The molecule has 0 aliphatic carbocycles. The zero-order valence-electron chi connectivity index (χ0n) is 13.5. The number of nitro benzene ring substituents is 1. The molecule has 0 radical (unpaired) electrons. The van der Waals surface area contributed by atoms with Crippen molar-refractivity contribution in [2.24, 2.45) is 0 Å². The second-order valence-corrected chi connectivity index (χ2v) is 7.56. The summed E-state index contributed by atoms with van der Waals surface area (Å²) in [5, 5.41) is 13.4. The summed E-state index contributed by atoms with van der Waals surface area (Å²) in [6.07, 6.45) is 2.72. The van der Waals surface area contributed by atoms with E-state index in [-0.39, 0.29) is 23.0 Å². The maximum atomic E-state index is 12.8. The molecule has 8 nitrogen and oxygen atoms in total. The second-order valence-electron chi connectivity index (χ2n) is 5.67. The van der Waals surface area contributed by atoms with Crippen molar-refractivity contribution in [2.45, 2.75) is 43.5 Å². The number of carbonyl (C=O) groups is 1. The second kappa shape index (κ2) is 7.71. The maximum Gasteiger partial charge on any atom is 0.269 e. The predicted molar refractivity (Wildman–Crippen MR) is 87.9 cm³/mol. The first-order valence-corrected chi connectivity index (χ1v) is 9.36. The first-order chi connectivity index (χ1) is 11.4. The van der Waals surface area contributed by atoms with Crippen molar-refractivity contribution in [3.05, 3.63) is 34.4 Å². The summed E-state index contributed by atoms with van der Waals surface area (Å²) in [6.45, 7) is 2.69. The highest BCUT2D eigenvalue weighted by atomic mass is 32.2. The van der Waals surface area contributed by atoms with Crippen LogP contribution in [-0.2, 0) is 14.8 Å². The minimum absolute atomic E-state index is 0.0386. The molecule has 1 saturated heterocycles. The molecule has 24 heavy (non-hydrogen) atoms. The summed E-state index contributed by atoms with van der Waals surface area (Å²) >= 11 is 0. The minimum Gasteiger partial charge on any atom is -0.355 e. The van der Waals surface area contributed by atoms with E-state index < -0.39 is 21.0 Å². The number of nitrogens with zero attached hydrogens (tertiary/aromatic N) is 2. The van der Waals surface area contributed by atoms with E-state index in [1.54, 1.807) is 0 Å². The monoisotopic (exact) mass is 355 g/mol. The molecular weight excluding hydrogens is 334 g/mol. The van der Waals surface area contributed by atoms with Crippen LogP contribution >= 0.6 is 0 Å². The van der Waals surface area contributed by atoms with Gasteiger partial charge in [-0.05, 0) is 31.4 Å². The van der Waals surface area contributed by atoms with Crippen LogP contribution in [0.5, 0.6) is 0 Å². The van der Waals surface area contributed by atoms with Gasteiger partial charge in [-0.1, -0.05) is 13.3 Å². The lowest BCUT2D eigenvalue weighted by atomic mass is 10.0. The number of amides is 1. The molecule has 0 aromatic heterocycles. The Bertz CT molecular complexity index is 702. The number of rotatable bonds is 6. The van der Waals surface area contributed by atoms with E-state index in [4.69, 9.17) is 0 Å². The number of hydrogen-bond acceptors (Lipinski definition) is 5. The Kier molecular flexibility index (Phi) is 5.89. The van der Waals surface area contributed by atoms with Gasteiger partial charge in [0, 0.05) is 25.2 Å². The molecule has 1 amide bonds. The third kappa shape index (κ3) is 3.90. The highest BCUT2D eigenvalue weighted by molar-refractivity contribution is 7.89. The van der Waals surface area contributed by atoms with Gasteiger partial charge in [-0.3, -0.25) is 14.9 Å². The molecule has 1 aliphatic rings. The molecule has 1 unspecified atom stereocenters. The maximum absolute atomic E-state index is 12.8. The number of carbonyl (C=O) groups excluding carboxylic acids is 1. The normalized spacial score (nSPS) is 19.0. The molecule has 1 aliphatic heterocycles. The Morgan fingerprint density at radius 3 is 2.58 bits per heavy atom. The van der Waals surface area contributed by atoms with E-state index in [9.17, 15) is 23.3 Å². The summed E-state index contributed by atoms with van der Waals surface area (Å²) in [5.41, 5.74) is -0.176. The largest absolute Gasteiger partial charge is 0.355 e. The van der Waals surface area contributed by atoms with Crippen LogP contribution < -0.4 is 5.32 Å². The van der Waals surface area contributed by atoms with Crippen LogP contribution in [-0.4, -0.2) is 42.7 Å². The van der Waals surface area contributed by atoms with Crippen molar-refractivity contribution >= 4 is 21.6 Å². The number of nitrogens with one attached hydrogen (secondary N) is 1. The number of nitro groups is 1. The highest BCUT2D eigenvalue weighted by Crippen LogP contribution is 2.26. The summed E-state index contributed by atoms with van der Waals surface area (Å²) in [4.78, 5) is 22.4.